The molecule has 2 aromatic carbocycles. The summed E-state index contributed by atoms with van der Waals surface area (Å²) >= 11 is 6.26. The Morgan fingerprint density at radius 2 is 1.84 bits per heavy atom. The van der Waals surface area contributed by atoms with Gasteiger partial charge in [-0.1, -0.05) is 16.8 Å². The molecule has 196 valence electrons. The molecule has 0 saturated heterocycles. The minimum Gasteiger partial charge on any atom is -0.386 e. The van der Waals surface area contributed by atoms with Crippen molar-refractivity contribution in [3.8, 4) is 0 Å². The van der Waals surface area contributed by atoms with Gasteiger partial charge in [0, 0.05) is 22.9 Å². The van der Waals surface area contributed by atoms with E-state index in [1.165, 1.54) is 30.7 Å². The van der Waals surface area contributed by atoms with Crippen LogP contribution in [0.15, 0.2) is 58.3 Å². The minimum atomic E-state index is -4.03. The van der Waals surface area contributed by atoms with Crippen molar-refractivity contribution in [2.75, 3.05) is 5.32 Å². The van der Waals surface area contributed by atoms with E-state index in [-0.39, 0.29) is 34.0 Å². The van der Waals surface area contributed by atoms with E-state index in [1.54, 1.807) is 0 Å². The summed E-state index contributed by atoms with van der Waals surface area (Å²) in [6, 6.07) is 6.63. The molecule has 0 aliphatic heterocycles. The van der Waals surface area contributed by atoms with E-state index >= 15 is 0 Å². The van der Waals surface area contributed by atoms with Gasteiger partial charge in [0.15, 0.2) is 21.5 Å². The zero-order chi connectivity index (χ0) is 26.5. The smallest absolute Gasteiger partial charge is 0.255 e. The number of hydrogen-bond acceptors (Lipinski definition) is 7. The molecule has 37 heavy (non-hydrogen) atoms. The summed E-state index contributed by atoms with van der Waals surface area (Å²) < 4.78 is 58.8. The van der Waals surface area contributed by atoms with Crippen LogP contribution >= 0.6 is 11.6 Å². The molecule has 1 aromatic heterocycles. The number of halogens is 3. The monoisotopic (exact) mass is 552 g/mol. The Hall–Kier alpha value is -2.86. The quantitative estimate of drug-likeness (QED) is 0.416. The topological polar surface area (TPSA) is 130 Å². The van der Waals surface area contributed by atoms with Crippen LogP contribution in [-0.2, 0) is 9.84 Å². The van der Waals surface area contributed by atoms with E-state index in [9.17, 15) is 32.2 Å². The molecule has 1 amide bonds. The van der Waals surface area contributed by atoms with Crippen LogP contribution < -0.4 is 5.32 Å². The van der Waals surface area contributed by atoms with Crippen LogP contribution in [-0.4, -0.2) is 40.5 Å². The Bertz CT molecular complexity index is 1440. The Morgan fingerprint density at radius 3 is 2.46 bits per heavy atom. The maximum atomic E-state index is 13.7. The van der Waals surface area contributed by atoms with Gasteiger partial charge in [-0.05, 0) is 67.9 Å². The molecule has 2 fully saturated rings. The summed E-state index contributed by atoms with van der Waals surface area (Å²) in [4.78, 5) is 12.5. The van der Waals surface area contributed by atoms with E-state index in [1.807, 2.05) is 0 Å². The largest absolute Gasteiger partial charge is 0.386 e. The Labute approximate surface area is 216 Å². The predicted molar refractivity (Wildman–Crippen MR) is 129 cm³/mol. The lowest BCUT2D eigenvalue weighted by atomic mass is 9.70. The second-order valence-electron chi connectivity index (χ2n) is 9.59. The second kappa shape index (κ2) is 9.46. The van der Waals surface area contributed by atoms with E-state index in [0.29, 0.717) is 18.4 Å². The third-order valence-corrected chi connectivity index (χ3v) is 10.2. The van der Waals surface area contributed by atoms with Crippen LogP contribution in [0.25, 0.3) is 0 Å². The highest BCUT2D eigenvalue weighted by Gasteiger charge is 2.59. The first-order valence-electron chi connectivity index (χ1n) is 11.6. The normalized spacial score (nSPS) is 26.1. The van der Waals surface area contributed by atoms with Crippen LogP contribution in [0.5, 0.6) is 0 Å². The molecule has 5 rings (SSSR count). The number of hydrogen-bond donors (Lipinski definition) is 3. The first kappa shape index (κ1) is 25.8. The summed E-state index contributed by atoms with van der Waals surface area (Å²) in [6.45, 7) is 0. The lowest BCUT2D eigenvalue weighted by molar-refractivity contribution is -0.144. The maximum Gasteiger partial charge on any atom is 0.255 e. The number of fused-ring (bicyclic) bond motifs is 2. The van der Waals surface area contributed by atoms with Crippen LogP contribution in [0.3, 0.4) is 0 Å². The number of nitrogens with one attached hydrogen (secondary N) is 1. The van der Waals surface area contributed by atoms with Gasteiger partial charge in [-0.2, -0.15) is 0 Å². The van der Waals surface area contributed by atoms with Crippen molar-refractivity contribution in [3.05, 3.63) is 76.6 Å². The molecule has 2 aliphatic carbocycles. The number of carbonyl (C=O) groups excluding carboxylic acids is 1. The first-order valence-corrected chi connectivity index (χ1v) is 13.5. The average Bonchev–Trinajstić information content (AvgIpc) is 3.43. The van der Waals surface area contributed by atoms with Gasteiger partial charge in [-0.25, -0.2) is 17.2 Å². The van der Waals surface area contributed by atoms with Gasteiger partial charge >= 0.3 is 0 Å². The van der Waals surface area contributed by atoms with Gasteiger partial charge < -0.3 is 20.1 Å². The molecule has 2 unspecified atom stereocenters. The van der Waals surface area contributed by atoms with Gasteiger partial charge in [-0.3, -0.25) is 4.79 Å². The van der Waals surface area contributed by atoms with Gasteiger partial charge in [0.1, 0.15) is 18.0 Å². The van der Waals surface area contributed by atoms with E-state index in [4.69, 9.17) is 16.1 Å². The number of aliphatic hydroxyl groups excluding tert-OH is 1. The number of benzene rings is 2. The Kier molecular flexibility index (Phi) is 6.59. The maximum absolute atomic E-state index is 13.7. The lowest BCUT2D eigenvalue weighted by Crippen LogP contribution is -2.52. The Balaban J connectivity index is 1.39. The number of aromatic nitrogens is 1. The molecule has 2 aliphatic rings. The van der Waals surface area contributed by atoms with Gasteiger partial charge in [0.05, 0.1) is 21.4 Å². The van der Waals surface area contributed by atoms with Gasteiger partial charge in [0.25, 0.3) is 5.91 Å². The van der Waals surface area contributed by atoms with Crippen LogP contribution in [0.2, 0.25) is 5.02 Å². The van der Waals surface area contributed by atoms with Crippen molar-refractivity contribution in [2.24, 2.45) is 11.8 Å². The highest BCUT2D eigenvalue weighted by molar-refractivity contribution is 7.92. The standard InChI is InChI=1S/C25H23ClF2N2O6S/c26-19-5-1-13(24(32)30-17-4-6-20(27)21(28)10-17)7-22(19)37(34,35)18-8-15-2-3-16(9-18)25(15,33)23(31)14-11-29-36-12-14/h1,4-7,10-12,15-16,18,23,31,33H,2-3,8-9H2,(H,30,32)/t15-,16?,18-,23?,25-/m0/s1. The van der Waals surface area contributed by atoms with Crippen molar-refractivity contribution < 1.29 is 36.7 Å². The molecule has 2 bridgehead atoms. The van der Waals surface area contributed by atoms with Crippen LogP contribution in [0.1, 0.15) is 47.7 Å². The third-order valence-electron chi connectivity index (χ3n) is 7.59. The molecule has 5 atom stereocenters. The van der Waals surface area contributed by atoms with Crippen LogP contribution in [0.4, 0.5) is 14.5 Å². The van der Waals surface area contributed by atoms with Crippen molar-refractivity contribution in [2.45, 2.75) is 47.5 Å². The fraction of sp³-hybridized carbons (Fsp3) is 0.360. The highest BCUT2D eigenvalue weighted by Crippen LogP contribution is 2.56. The fourth-order valence-corrected chi connectivity index (χ4v) is 8.08. The first-order chi connectivity index (χ1) is 17.5. The van der Waals surface area contributed by atoms with Crippen molar-refractivity contribution in [1.29, 1.82) is 0 Å². The number of carbonyl (C=O) groups is 1. The molecular formula is C25H23ClF2N2O6S. The zero-order valence-corrected chi connectivity index (χ0v) is 20.8. The number of anilines is 1. The minimum absolute atomic E-state index is 0.00206. The molecular weight excluding hydrogens is 530 g/mol. The number of amides is 1. The highest BCUT2D eigenvalue weighted by atomic mass is 35.5. The number of nitrogens with zero attached hydrogens (tertiary/aromatic N) is 1. The SMILES string of the molecule is O=C(Nc1ccc(F)c(F)c1)c1ccc(Cl)c(S(=O)(=O)[C@@H]2CC3CC[C@@H](C2)[C@@]3(O)C(O)c2cnoc2)c1. The second-order valence-corrected chi connectivity index (χ2v) is 12.2. The molecule has 0 spiro atoms. The summed E-state index contributed by atoms with van der Waals surface area (Å²) in [5.41, 5.74) is -1.24. The van der Waals surface area contributed by atoms with Gasteiger partial charge in [0.2, 0.25) is 0 Å². The van der Waals surface area contributed by atoms with Crippen molar-refractivity contribution in [3.63, 3.8) is 0 Å². The molecule has 1 heterocycles. The van der Waals surface area contributed by atoms with Crippen molar-refractivity contribution in [1.82, 2.24) is 5.16 Å². The molecule has 8 nitrogen and oxygen atoms in total. The van der Waals surface area contributed by atoms with Crippen molar-refractivity contribution >= 4 is 33.0 Å². The van der Waals surface area contributed by atoms with E-state index in [2.05, 4.69) is 10.5 Å². The lowest BCUT2D eigenvalue weighted by Gasteiger charge is -2.45. The Morgan fingerprint density at radius 1 is 1.14 bits per heavy atom. The van der Waals surface area contributed by atoms with Crippen LogP contribution in [0, 0.1) is 23.5 Å². The predicted octanol–water partition coefficient (Wildman–Crippen LogP) is 4.29. The average molecular weight is 553 g/mol. The zero-order valence-electron chi connectivity index (χ0n) is 19.3. The summed E-state index contributed by atoms with van der Waals surface area (Å²) in [5.74, 6) is -3.92. The summed E-state index contributed by atoms with van der Waals surface area (Å²) in [7, 11) is -4.03. The van der Waals surface area contributed by atoms with E-state index < -0.39 is 56.2 Å². The van der Waals surface area contributed by atoms with E-state index in [0.717, 1.165) is 18.2 Å². The molecule has 0 radical (unpaired) electrons. The fourth-order valence-electron chi connectivity index (χ4n) is 5.68. The molecule has 12 heteroatoms. The number of aliphatic hydroxyl groups is 2. The molecule has 3 aromatic rings. The summed E-state index contributed by atoms with van der Waals surface area (Å²) in [6.07, 6.45) is 2.58. The molecule has 3 N–H and O–H groups in total. The number of rotatable bonds is 6. The summed E-state index contributed by atoms with van der Waals surface area (Å²) in [5, 5.41) is 27.4. The third kappa shape index (κ3) is 4.43. The molecule has 2 saturated carbocycles. The number of sulfone groups is 1. The van der Waals surface area contributed by atoms with Gasteiger partial charge in [-0.15, -0.1) is 0 Å².